The zero-order chi connectivity index (χ0) is 25.3. The number of carbonyl (C=O) groups excluding carboxylic acids is 1. The van der Waals surface area contributed by atoms with Crippen LogP contribution in [0, 0.1) is 12.7 Å². The molecule has 0 radical (unpaired) electrons. The third-order valence-electron chi connectivity index (χ3n) is 6.11. The number of benzene rings is 1. The lowest BCUT2D eigenvalue weighted by atomic mass is 9.95. The van der Waals surface area contributed by atoms with Crippen LogP contribution in [0.5, 0.6) is 5.75 Å². The molecule has 1 aromatic heterocycles. The molecule has 2 aliphatic heterocycles. The van der Waals surface area contributed by atoms with Gasteiger partial charge in [0.25, 0.3) is 0 Å². The van der Waals surface area contributed by atoms with E-state index >= 15 is 4.39 Å². The van der Waals surface area contributed by atoms with Crippen LogP contribution in [-0.4, -0.2) is 52.8 Å². The molecule has 1 unspecified atom stereocenters. The van der Waals surface area contributed by atoms with Gasteiger partial charge in [0.05, 0.1) is 17.9 Å². The summed E-state index contributed by atoms with van der Waals surface area (Å²) in [4.78, 5) is 23.3. The predicted molar refractivity (Wildman–Crippen MR) is 135 cm³/mol. The standard InChI is InChI=1S/C26H34FN5O3/c1-15-13-20(28-6)31-24(29-15)30-19-14-18-10-12-34-23(18)21(22(19)27)17-8-7-16(2)32(11-9-17)25(33)35-26(3,4)5/h9,13-14,16H,7-8,10-12H2,1-6H3,(H2,28,29,30,31). The lowest BCUT2D eigenvalue weighted by Crippen LogP contribution is -2.41. The van der Waals surface area contributed by atoms with Crippen LogP contribution in [0.4, 0.5) is 26.6 Å². The van der Waals surface area contributed by atoms with Crippen molar-refractivity contribution in [3.05, 3.63) is 40.8 Å². The van der Waals surface area contributed by atoms with Crippen molar-refractivity contribution in [3.8, 4) is 5.75 Å². The molecule has 2 N–H and O–H groups in total. The number of rotatable bonds is 4. The van der Waals surface area contributed by atoms with E-state index in [1.165, 1.54) is 0 Å². The Kier molecular flexibility index (Phi) is 6.87. The highest BCUT2D eigenvalue weighted by atomic mass is 19.1. The largest absolute Gasteiger partial charge is 0.492 e. The second kappa shape index (κ2) is 9.71. The fourth-order valence-electron chi connectivity index (χ4n) is 4.38. The zero-order valence-corrected chi connectivity index (χ0v) is 21.3. The second-order valence-corrected chi connectivity index (χ2v) is 10.0. The van der Waals surface area contributed by atoms with Crippen molar-refractivity contribution in [2.45, 2.75) is 65.5 Å². The molecule has 2 aromatic rings. The van der Waals surface area contributed by atoms with Gasteiger partial charge in [0.15, 0.2) is 5.82 Å². The molecule has 0 fully saturated rings. The lowest BCUT2D eigenvalue weighted by molar-refractivity contribution is 0.0201. The van der Waals surface area contributed by atoms with Crippen LogP contribution in [0.2, 0.25) is 0 Å². The Morgan fingerprint density at radius 3 is 2.74 bits per heavy atom. The number of nitrogens with zero attached hydrogens (tertiary/aromatic N) is 3. The summed E-state index contributed by atoms with van der Waals surface area (Å²) in [7, 11) is 1.77. The average molecular weight is 484 g/mol. The molecular formula is C26H34FN5O3. The molecule has 2 aliphatic rings. The number of fused-ring (bicyclic) bond motifs is 1. The molecule has 1 amide bonds. The molecule has 4 rings (SSSR count). The molecule has 35 heavy (non-hydrogen) atoms. The molecule has 8 nitrogen and oxygen atoms in total. The number of halogens is 1. The van der Waals surface area contributed by atoms with Crippen LogP contribution in [0.15, 0.2) is 18.2 Å². The van der Waals surface area contributed by atoms with Gasteiger partial charge in [0.2, 0.25) is 5.95 Å². The highest BCUT2D eigenvalue weighted by Gasteiger charge is 2.31. The van der Waals surface area contributed by atoms with E-state index < -0.39 is 11.4 Å². The van der Waals surface area contributed by atoms with Crippen molar-refractivity contribution >= 4 is 29.1 Å². The molecule has 0 spiro atoms. The van der Waals surface area contributed by atoms with E-state index in [0.29, 0.717) is 61.2 Å². The van der Waals surface area contributed by atoms with Gasteiger partial charge in [-0.05, 0) is 59.1 Å². The Labute approximate surface area is 205 Å². The van der Waals surface area contributed by atoms with Crippen LogP contribution in [0.3, 0.4) is 0 Å². The summed E-state index contributed by atoms with van der Waals surface area (Å²) >= 11 is 0. The third kappa shape index (κ3) is 5.49. The SMILES string of the molecule is CNc1cc(C)nc(Nc2cc3c(c(C4=CCN(C(=O)OC(C)(C)C)C(C)CC4)c2F)OCC3)n1. The predicted octanol–water partition coefficient (Wildman–Crippen LogP) is 5.45. The minimum atomic E-state index is -0.582. The minimum Gasteiger partial charge on any atom is -0.492 e. The quantitative estimate of drug-likeness (QED) is 0.598. The van der Waals surface area contributed by atoms with Gasteiger partial charge in [-0.15, -0.1) is 0 Å². The van der Waals surface area contributed by atoms with Crippen molar-refractivity contribution in [2.75, 3.05) is 30.8 Å². The number of aryl methyl sites for hydroxylation is 1. The van der Waals surface area contributed by atoms with E-state index in [1.807, 2.05) is 46.8 Å². The van der Waals surface area contributed by atoms with E-state index in [2.05, 4.69) is 20.6 Å². The maximum atomic E-state index is 16.0. The van der Waals surface area contributed by atoms with Crippen LogP contribution in [0.1, 0.15) is 57.4 Å². The van der Waals surface area contributed by atoms with Gasteiger partial charge < -0.3 is 25.0 Å². The minimum absolute atomic E-state index is 0.0439. The van der Waals surface area contributed by atoms with Gasteiger partial charge in [-0.25, -0.2) is 14.2 Å². The molecule has 0 saturated carbocycles. The summed E-state index contributed by atoms with van der Waals surface area (Å²) < 4.78 is 27.5. The molecule has 0 aliphatic carbocycles. The van der Waals surface area contributed by atoms with E-state index in [9.17, 15) is 4.79 Å². The van der Waals surface area contributed by atoms with E-state index in [4.69, 9.17) is 9.47 Å². The Morgan fingerprint density at radius 1 is 1.26 bits per heavy atom. The Hall–Kier alpha value is -3.36. The summed E-state index contributed by atoms with van der Waals surface area (Å²) in [6.45, 7) is 10.2. The Morgan fingerprint density at radius 2 is 2.03 bits per heavy atom. The van der Waals surface area contributed by atoms with Gasteiger partial charge in [0, 0.05) is 43.4 Å². The lowest BCUT2D eigenvalue weighted by Gasteiger charge is -2.30. The molecule has 3 heterocycles. The zero-order valence-electron chi connectivity index (χ0n) is 21.3. The van der Waals surface area contributed by atoms with Gasteiger partial charge in [-0.2, -0.15) is 4.98 Å². The number of nitrogens with one attached hydrogen (secondary N) is 2. The third-order valence-corrected chi connectivity index (χ3v) is 6.11. The first-order valence-electron chi connectivity index (χ1n) is 12.0. The number of anilines is 3. The Bertz CT molecular complexity index is 1160. The first kappa shape index (κ1) is 24.8. The van der Waals surface area contributed by atoms with Crippen molar-refractivity contribution in [3.63, 3.8) is 0 Å². The van der Waals surface area contributed by atoms with Crippen molar-refractivity contribution in [1.82, 2.24) is 14.9 Å². The fraction of sp³-hybridized carbons (Fsp3) is 0.500. The fourth-order valence-corrected chi connectivity index (χ4v) is 4.38. The number of aromatic nitrogens is 2. The molecular weight excluding hydrogens is 449 g/mol. The normalized spacial score (nSPS) is 17.7. The molecule has 0 saturated heterocycles. The van der Waals surface area contributed by atoms with Crippen molar-refractivity contribution < 1.29 is 18.7 Å². The van der Waals surface area contributed by atoms with Crippen LogP contribution in [-0.2, 0) is 11.2 Å². The summed E-state index contributed by atoms with van der Waals surface area (Å²) in [5.74, 6) is 1.13. The monoisotopic (exact) mass is 483 g/mol. The van der Waals surface area contributed by atoms with Crippen LogP contribution >= 0.6 is 0 Å². The summed E-state index contributed by atoms with van der Waals surface area (Å²) in [6.07, 6.45) is 3.54. The van der Waals surface area contributed by atoms with Gasteiger partial charge in [-0.3, -0.25) is 0 Å². The van der Waals surface area contributed by atoms with Crippen molar-refractivity contribution in [1.29, 1.82) is 0 Å². The van der Waals surface area contributed by atoms with E-state index in [0.717, 1.165) is 16.8 Å². The first-order chi connectivity index (χ1) is 16.6. The van der Waals surface area contributed by atoms with Gasteiger partial charge in [0.1, 0.15) is 17.2 Å². The topological polar surface area (TPSA) is 88.6 Å². The number of ether oxygens (including phenoxy) is 2. The van der Waals surface area contributed by atoms with E-state index in [1.54, 1.807) is 18.0 Å². The first-order valence-corrected chi connectivity index (χ1v) is 12.0. The number of allylic oxidation sites excluding steroid dienone is 1. The number of carbonyl (C=O) groups is 1. The summed E-state index contributed by atoms with van der Waals surface area (Å²) in [5.41, 5.74) is 2.69. The molecule has 1 atom stereocenters. The maximum absolute atomic E-state index is 16.0. The van der Waals surface area contributed by atoms with Crippen LogP contribution < -0.4 is 15.4 Å². The van der Waals surface area contributed by atoms with Gasteiger partial charge >= 0.3 is 6.09 Å². The van der Waals surface area contributed by atoms with Crippen molar-refractivity contribution in [2.24, 2.45) is 0 Å². The van der Waals surface area contributed by atoms with Gasteiger partial charge in [-0.1, -0.05) is 6.08 Å². The second-order valence-electron chi connectivity index (χ2n) is 10.0. The smallest absolute Gasteiger partial charge is 0.410 e. The number of hydrogen-bond acceptors (Lipinski definition) is 7. The molecule has 0 bridgehead atoms. The molecule has 9 heteroatoms. The average Bonchev–Trinajstić information content (AvgIpc) is 3.14. The summed E-state index contributed by atoms with van der Waals surface area (Å²) in [6, 6.07) is 3.55. The molecule has 1 aromatic carbocycles. The van der Waals surface area contributed by atoms with Crippen LogP contribution in [0.25, 0.3) is 5.57 Å². The highest BCUT2D eigenvalue weighted by molar-refractivity contribution is 5.79. The summed E-state index contributed by atoms with van der Waals surface area (Å²) in [5, 5.41) is 6.06. The highest BCUT2D eigenvalue weighted by Crippen LogP contribution is 2.42. The Balaban J connectivity index is 1.69. The van der Waals surface area contributed by atoms with E-state index in [-0.39, 0.29) is 12.1 Å². The maximum Gasteiger partial charge on any atom is 0.410 e. The number of amides is 1. The molecule has 188 valence electrons. The number of hydrogen-bond donors (Lipinski definition) is 2.